The Hall–Kier alpha value is -0.280. The van der Waals surface area contributed by atoms with Gasteiger partial charge in [0.15, 0.2) is 0 Å². The van der Waals surface area contributed by atoms with Crippen LogP contribution in [0.5, 0.6) is 0 Å². The van der Waals surface area contributed by atoms with Crippen LogP contribution in [0.25, 0.3) is 0 Å². The van der Waals surface area contributed by atoms with E-state index in [0.717, 1.165) is 48.2 Å². The van der Waals surface area contributed by atoms with Crippen LogP contribution in [0.15, 0.2) is 6.20 Å². The van der Waals surface area contributed by atoms with Crippen molar-refractivity contribution in [3.8, 4) is 0 Å². The Morgan fingerprint density at radius 2 is 1.88 bits per heavy atom. The standard InChI is InChI=1S/C18H26F2IN3O/c1-2-3-8-25-10-15-22-14(21)9-24(15)17-11-16(12-17,13-17)23-6-4-18(19,20)5-7-23/h9H,2-8,10-13H2,1H3. The van der Waals surface area contributed by atoms with Crippen LogP contribution in [0.1, 0.15) is 57.7 Å². The first-order valence-electron chi connectivity index (χ1n) is 9.33. The fourth-order valence-corrected chi connectivity index (χ4v) is 5.45. The largest absolute Gasteiger partial charge is 0.374 e. The summed E-state index contributed by atoms with van der Waals surface area (Å²) in [5.74, 6) is -1.44. The number of hydrogen-bond acceptors (Lipinski definition) is 3. The molecule has 4 fully saturated rings. The maximum absolute atomic E-state index is 13.4. The second-order valence-electron chi connectivity index (χ2n) is 8.08. The van der Waals surface area contributed by atoms with E-state index in [1.807, 2.05) is 0 Å². The summed E-state index contributed by atoms with van der Waals surface area (Å²) in [6, 6.07) is 0. The average molecular weight is 465 g/mol. The average Bonchev–Trinajstić information content (AvgIpc) is 2.83. The molecule has 2 bridgehead atoms. The van der Waals surface area contributed by atoms with Gasteiger partial charge in [0.2, 0.25) is 0 Å². The lowest BCUT2D eigenvalue weighted by molar-refractivity contribution is -0.224. The Morgan fingerprint density at radius 1 is 1.20 bits per heavy atom. The van der Waals surface area contributed by atoms with E-state index in [4.69, 9.17) is 4.74 Å². The minimum atomic E-state index is -2.46. The zero-order valence-electron chi connectivity index (χ0n) is 14.7. The van der Waals surface area contributed by atoms with Crippen molar-refractivity contribution in [3.05, 3.63) is 15.7 Å². The molecule has 1 saturated heterocycles. The minimum Gasteiger partial charge on any atom is -0.374 e. The second kappa shape index (κ2) is 6.41. The molecule has 25 heavy (non-hydrogen) atoms. The number of alkyl halides is 2. The third-order valence-corrected chi connectivity index (χ3v) is 6.79. The summed E-state index contributed by atoms with van der Waals surface area (Å²) in [6.07, 6.45) is 7.58. The molecule has 0 amide bonds. The zero-order valence-corrected chi connectivity index (χ0v) is 16.9. The van der Waals surface area contributed by atoms with Crippen LogP contribution < -0.4 is 0 Å². The van der Waals surface area contributed by atoms with Gasteiger partial charge in [-0.15, -0.1) is 0 Å². The molecular formula is C18H26F2IN3O. The maximum Gasteiger partial charge on any atom is 0.250 e. The lowest BCUT2D eigenvalue weighted by Crippen LogP contribution is -2.79. The van der Waals surface area contributed by atoms with Crippen LogP contribution in [-0.2, 0) is 16.9 Å². The lowest BCUT2D eigenvalue weighted by atomic mass is 9.43. The smallest absolute Gasteiger partial charge is 0.250 e. The molecule has 5 rings (SSSR count). The van der Waals surface area contributed by atoms with E-state index in [-0.39, 0.29) is 23.9 Å². The van der Waals surface area contributed by atoms with Gasteiger partial charge in [0.1, 0.15) is 16.1 Å². The Kier molecular flexibility index (Phi) is 4.64. The molecule has 2 heterocycles. The van der Waals surface area contributed by atoms with Crippen LogP contribution in [0.3, 0.4) is 0 Å². The Morgan fingerprint density at radius 3 is 2.52 bits per heavy atom. The van der Waals surface area contributed by atoms with Crippen LogP contribution in [-0.4, -0.2) is 45.6 Å². The Bertz CT molecular complexity index is 618. The molecule has 140 valence electrons. The highest BCUT2D eigenvalue weighted by molar-refractivity contribution is 14.1. The summed E-state index contributed by atoms with van der Waals surface area (Å²) in [4.78, 5) is 6.97. The van der Waals surface area contributed by atoms with Gasteiger partial charge < -0.3 is 9.30 Å². The lowest BCUT2D eigenvalue weighted by Gasteiger charge is -2.74. The normalized spacial score (nSPS) is 33.8. The summed E-state index contributed by atoms with van der Waals surface area (Å²) in [7, 11) is 0. The number of halogens is 3. The monoisotopic (exact) mass is 465 g/mol. The summed E-state index contributed by atoms with van der Waals surface area (Å²) in [5.41, 5.74) is 0.326. The highest BCUT2D eigenvalue weighted by Crippen LogP contribution is 2.68. The number of likely N-dealkylation sites (tertiary alicyclic amines) is 1. The molecular weight excluding hydrogens is 439 g/mol. The van der Waals surface area contributed by atoms with E-state index in [2.05, 4.69) is 50.2 Å². The van der Waals surface area contributed by atoms with Gasteiger partial charge in [0.25, 0.3) is 5.92 Å². The molecule has 3 aliphatic carbocycles. The van der Waals surface area contributed by atoms with Crippen molar-refractivity contribution in [2.75, 3.05) is 19.7 Å². The molecule has 0 N–H and O–H groups in total. The molecule has 0 radical (unpaired) electrons. The molecule has 1 aromatic heterocycles. The van der Waals surface area contributed by atoms with Crippen molar-refractivity contribution in [1.82, 2.24) is 14.5 Å². The predicted molar refractivity (Wildman–Crippen MR) is 99.8 cm³/mol. The summed E-state index contributed by atoms with van der Waals surface area (Å²) < 4.78 is 35.9. The number of imidazole rings is 1. The SMILES string of the molecule is CCCCOCc1nc(I)cn1C12CC(N3CCC(F)(F)CC3)(C1)C2. The predicted octanol–water partition coefficient (Wildman–Crippen LogP) is 4.17. The third-order valence-electron chi connectivity index (χ3n) is 6.27. The molecule has 1 aromatic rings. The van der Waals surface area contributed by atoms with Crippen molar-refractivity contribution >= 4 is 22.6 Å². The van der Waals surface area contributed by atoms with E-state index < -0.39 is 5.92 Å². The van der Waals surface area contributed by atoms with Crippen molar-refractivity contribution in [2.45, 2.75) is 75.5 Å². The van der Waals surface area contributed by atoms with E-state index in [0.29, 0.717) is 19.7 Å². The number of unbranched alkanes of at least 4 members (excludes halogenated alkanes) is 1. The fourth-order valence-electron chi connectivity index (χ4n) is 4.89. The first-order chi connectivity index (χ1) is 11.9. The van der Waals surface area contributed by atoms with Gasteiger partial charge in [-0.25, -0.2) is 13.8 Å². The number of hydrogen-bond donors (Lipinski definition) is 0. The van der Waals surface area contributed by atoms with E-state index >= 15 is 0 Å². The summed E-state index contributed by atoms with van der Waals surface area (Å²) in [5, 5.41) is 0. The highest BCUT2D eigenvalue weighted by Gasteiger charge is 2.71. The van der Waals surface area contributed by atoms with Gasteiger partial charge in [0, 0.05) is 44.3 Å². The second-order valence-corrected chi connectivity index (χ2v) is 9.18. The molecule has 0 atom stereocenters. The van der Waals surface area contributed by atoms with Crippen LogP contribution in [0, 0.1) is 3.70 Å². The van der Waals surface area contributed by atoms with Crippen molar-refractivity contribution in [2.24, 2.45) is 0 Å². The molecule has 7 heteroatoms. The molecule has 1 aliphatic heterocycles. The molecule has 4 nitrogen and oxygen atoms in total. The van der Waals surface area contributed by atoms with Gasteiger partial charge in [-0.1, -0.05) is 13.3 Å². The number of ether oxygens (including phenoxy) is 1. The Balaban J connectivity index is 1.38. The number of piperidine rings is 1. The van der Waals surface area contributed by atoms with Crippen molar-refractivity contribution in [3.63, 3.8) is 0 Å². The van der Waals surface area contributed by atoms with Crippen LogP contribution in [0.4, 0.5) is 8.78 Å². The zero-order chi connectivity index (χ0) is 17.7. The first-order valence-corrected chi connectivity index (χ1v) is 10.4. The third kappa shape index (κ3) is 3.14. The fraction of sp³-hybridized carbons (Fsp3) is 0.833. The first kappa shape index (κ1) is 18.1. The van der Waals surface area contributed by atoms with E-state index in [1.54, 1.807) is 0 Å². The van der Waals surface area contributed by atoms with Gasteiger partial charge in [-0.05, 0) is 48.3 Å². The molecule has 4 aliphatic rings. The quantitative estimate of drug-likeness (QED) is 0.448. The molecule has 3 saturated carbocycles. The Labute approximate surface area is 161 Å². The summed E-state index contributed by atoms with van der Waals surface area (Å²) >= 11 is 2.26. The van der Waals surface area contributed by atoms with E-state index in [9.17, 15) is 8.78 Å². The van der Waals surface area contributed by atoms with Crippen molar-refractivity contribution < 1.29 is 13.5 Å². The molecule has 0 unspecified atom stereocenters. The highest BCUT2D eigenvalue weighted by atomic mass is 127. The number of nitrogens with zero attached hydrogens (tertiary/aromatic N) is 3. The number of aromatic nitrogens is 2. The van der Waals surface area contributed by atoms with Crippen LogP contribution >= 0.6 is 22.6 Å². The number of rotatable bonds is 7. The topological polar surface area (TPSA) is 30.3 Å². The van der Waals surface area contributed by atoms with Gasteiger partial charge in [-0.3, -0.25) is 4.90 Å². The summed E-state index contributed by atoms with van der Waals surface area (Å²) in [6.45, 7) is 4.58. The molecule has 0 spiro atoms. The molecule has 0 aromatic carbocycles. The van der Waals surface area contributed by atoms with Gasteiger partial charge in [-0.2, -0.15) is 0 Å². The van der Waals surface area contributed by atoms with Crippen LogP contribution in [0.2, 0.25) is 0 Å². The minimum absolute atomic E-state index is 0.0151. The maximum atomic E-state index is 13.4. The van der Waals surface area contributed by atoms with E-state index in [1.165, 1.54) is 0 Å². The van der Waals surface area contributed by atoms with Crippen molar-refractivity contribution in [1.29, 1.82) is 0 Å². The van der Waals surface area contributed by atoms with Gasteiger partial charge >= 0.3 is 0 Å². The van der Waals surface area contributed by atoms with Gasteiger partial charge in [0.05, 0.1) is 5.54 Å².